The van der Waals surface area contributed by atoms with Crippen LogP contribution < -0.4 is 10.2 Å². The molecule has 0 aliphatic carbocycles. The number of hydrogen-bond acceptors (Lipinski definition) is 5. The van der Waals surface area contributed by atoms with Crippen LogP contribution in [0.15, 0.2) is 51.2 Å². The normalized spacial score (nSPS) is 10.8. The van der Waals surface area contributed by atoms with E-state index in [9.17, 15) is 15.0 Å². The third kappa shape index (κ3) is 3.51. The summed E-state index contributed by atoms with van der Waals surface area (Å²) in [7, 11) is 1.36. The van der Waals surface area contributed by atoms with Crippen LogP contribution in [0, 0.1) is 0 Å². The second-order valence-electron chi connectivity index (χ2n) is 6.38. The van der Waals surface area contributed by atoms with E-state index in [4.69, 9.17) is 20.8 Å². The quantitative estimate of drug-likeness (QED) is 0.614. The molecule has 3 aromatic rings. The van der Waals surface area contributed by atoms with Gasteiger partial charge in [0.1, 0.15) is 22.5 Å². The lowest BCUT2D eigenvalue weighted by atomic mass is 10.0. The van der Waals surface area contributed by atoms with Gasteiger partial charge in [-0.2, -0.15) is 0 Å². The molecule has 0 saturated carbocycles. The van der Waals surface area contributed by atoms with E-state index < -0.39 is 5.43 Å². The number of phenols is 2. The van der Waals surface area contributed by atoms with Crippen molar-refractivity contribution in [3.8, 4) is 28.6 Å². The molecular weight excluding hydrogens is 368 g/mol. The molecule has 0 unspecified atom stereocenters. The van der Waals surface area contributed by atoms with Crippen LogP contribution in [0.25, 0.3) is 22.3 Å². The fourth-order valence-electron chi connectivity index (χ4n) is 2.85. The topological polar surface area (TPSA) is 79.9 Å². The minimum atomic E-state index is -0.514. The third-order valence-electron chi connectivity index (χ3n) is 4.21. The van der Waals surface area contributed by atoms with Crippen LogP contribution >= 0.6 is 11.6 Å². The summed E-state index contributed by atoms with van der Waals surface area (Å²) in [4.78, 5) is 13.0. The number of phenolic OH excluding ortho intramolecular Hbond substituents is 2. The van der Waals surface area contributed by atoms with Crippen molar-refractivity contribution in [2.24, 2.45) is 0 Å². The van der Waals surface area contributed by atoms with Gasteiger partial charge < -0.3 is 19.4 Å². The van der Waals surface area contributed by atoms with Gasteiger partial charge in [0, 0.05) is 22.2 Å². The predicted octanol–water partition coefficient (Wildman–Crippen LogP) is 5.04. The van der Waals surface area contributed by atoms with E-state index in [-0.39, 0.29) is 34.0 Å². The van der Waals surface area contributed by atoms with Gasteiger partial charge in [-0.3, -0.25) is 4.79 Å². The molecule has 0 aliphatic rings. The first kappa shape index (κ1) is 18.9. The Labute approximate surface area is 161 Å². The largest absolute Gasteiger partial charge is 0.507 e. The fourth-order valence-corrected chi connectivity index (χ4v) is 2.98. The van der Waals surface area contributed by atoms with E-state index in [1.165, 1.54) is 7.11 Å². The second-order valence-corrected chi connectivity index (χ2v) is 6.82. The smallest absolute Gasteiger partial charge is 0.239 e. The van der Waals surface area contributed by atoms with Gasteiger partial charge in [-0.05, 0) is 44.5 Å². The molecule has 1 heterocycles. The van der Waals surface area contributed by atoms with Crippen molar-refractivity contribution >= 4 is 22.6 Å². The summed E-state index contributed by atoms with van der Waals surface area (Å²) in [6, 6.07) is 7.89. The van der Waals surface area contributed by atoms with Gasteiger partial charge >= 0.3 is 0 Å². The maximum absolute atomic E-state index is 13.0. The summed E-state index contributed by atoms with van der Waals surface area (Å²) in [6.07, 6.45) is 2.25. The van der Waals surface area contributed by atoms with E-state index >= 15 is 0 Å². The number of fused-ring (bicyclic) bond motifs is 1. The number of allylic oxidation sites excluding steroid dienone is 2. The van der Waals surface area contributed by atoms with Crippen LogP contribution in [0.1, 0.15) is 19.4 Å². The zero-order chi connectivity index (χ0) is 19.7. The minimum absolute atomic E-state index is 0.0282. The first-order valence-corrected chi connectivity index (χ1v) is 8.69. The monoisotopic (exact) mass is 386 g/mol. The van der Waals surface area contributed by atoms with Crippen molar-refractivity contribution < 1.29 is 19.4 Å². The van der Waals surface area contributed by atoms with E-state index in [0.717, 1.165) is 11.6 Å². The van der Waals surface area contributed by atoms with Crippen LogP contribution in [-0.2, 0) is 6.42 Å². The first-order chi connectivity index (χ1) is 12.8. The number of hydrogen-bond donors (Lipinski definition) is 2. The highest BCUT2D eigenvalue weighted by atomic mass is 35.5. The highest BCUT2D eigenvalue weighted by Gasteiger charge is 2.23. The molecule has 0 fully saturated rings. The molecule has 27 heavy (non-hydrogen) atoms. The predicted molar refractivity (Wildman–Crippen MR) is 106 cm³/mol. The number of halogens is 1. The van der Waals surface area contributed by atoms with Crippen LogP contribution in [0.4, 0.5) is 0 Å². The van der Waals surface area contributed by atoms with Crippen molar-refractivity contribution in [3.63, 3.8) is 0 Å². The molecule has 6 heteroatoms. The highest BCUT2D eigenvalue weighted by Crippen LogP contribution is 2.39. The van der Waals surface area contributed by atoms with Crippen molar-refractivity contribution in [2.75, 3.05) is 7.11 Å². The molecule has 5 nitrogen and oxygen atoms in total. The Balaban J connectivity index is 2.41. The lowest BCUT2D eigenvalue weighted by Gasteiger charge is -2.13. The summed E-state index contributed by atoms with van der Waals surface area (Å²) in [5, 5.41) is 21.1. The summed E-state index contributed by atoms with van der Waals surface area (Å²) >= 11 is 5.94. The van der Waals surface area contributed by atoms with Crippen LogP contribution in [0.5, 0.6) is 17.2 Å². The van der Waals surface area contributed by atoms with Gasteiger partial charge in [0.25, 0.3) is 0 Å². The van der Waals surface area contributed by atoms with Gasteiger partial charge in [-0.25, -0.2) is 0 Å². The Hall–Kier alpha value is -2.92. The fraction of sp³-hybridized carbons (Fsp3) is 0.190. The Kier molecular flexibility index (Phi) is 5.15. The van der Waals surface area contributed by atoms with E-state index in [1.54, 1.807) is 24.3 Å². The molecule has 0 atom stereocenters. The Bertz CT molecular complexity index is 1090. The maximum atomic E-state index is 13.0. The van der Waals surface area contributed by atoms with Crippen molar-refractivity contribution in [1.29, 1.82) is 0 Å². The van der Waals surface area contributed by atoms with Crippen LogP contribution in [-0.4, -0.2) is 17.3 Å². The molecule has 0 aliphatic heterocycles. The highest BCUT2D eigenvalue weighted by molar-refractivity contribution is 6.30. The van der Waals surface area contributed by atoms with E-state index in [0.29, 0.717) is 22.6 Å². The number of benzene rings is 2. The molecule has 2 aromatic carbocycles. The number of aromatic hydroxyl groups is 2. The summed E-state index contributed by atoms with van der Waals surface area (Å²) in [5.41, 5.74) is 1.66. The molecular formula is C21H19ClO5. The summed E-state index contributed by atoms with van der Waals surface area (Å²) in [5.74, 6) is -0.333. The summed E-state index contributed by atoms with van der Waals surface area (Å²) < 4.78 is 11.3. The Morgan fingerprint density at radius 3 is 2.44 bits per heavy atom. The van der Waals surface area contributed by atoms with Crippen molar-refractivity contribution in [2.45, 2.75) is 20.3 Å². The molecule has 140 valence electrons. The van der Waals surface area contributed by atoms with Gasteiger partial charge in [-0.15, -0.1) is 0 Å². The summed E-state index contributed by atoms with van der Waals surface area (Å²) in [6.45, 7) is 3.86. The molecule has 3 rings (SSSR count). The number of ether oxygens (including phenoxy) is 1. The molecule has 0 radical (unpaired) electrons. The van der Waals surface area contributed by atoms with Crippen LogP contribution in [0.2, 0.25) is 5.02 Å². The average molecular weight is 387 g/mol. The number of methoxy groups -OCH3 is 1. The lowest BCUT2D eigenvalue weighted by Crippen LogP contribution is -2.09. The zero-order valence-electron chi connectivity index (χ0n) is 15.2. The maximum Gasteiger partial charge on any atom is 0.239 e. The lowest BCUT2D eigenvalue weighted by molar-refractivity contribution is 0.396. The molecule has 2 N–H and O–H groups in total. The molecule has 0 amide bonds. The molecule has 0 saturated heterocycles. The Morgan fingerprint density at radius 2 is 1.85 bits per heavy atom. The second kappa shape index (κ2) is 7.37. The third-order valence-corrected chi connectivity index (χ3v) is 4.46. The molecule has 1 aromatic heterocycles. The average Bonchev–Trinajstić information content (AvgIpc) is 2.61. The molecule has 0 bridgehead atoms. The first-order valence-electron chi connectivity index (χ1n) is 8.31. The Morgan fingerprint density at radius 1 is 1.19 bits per heavy atom. The van der Waals surface area contributed by atoms with Crippen molar-refractivity contribution in [1.82, 2.24) is 0 Å². The van der Waals surface area contributed by atoms with E-state index in [2.05, 4.69) is 0 Å². The van der Waals surface area contributed by atoms with Gasteiger partial charge in [0.2, 0.25) is 11.2 Å². The van der Waals surface area contributed by atoms with Gasteiger partial charge in [-0.1, -0.05) is 23.3 Å². The standard InChI is InChI=1S/C21H19ClO5/c1-11(2)4-9-14-15(23)10-16(24)17-18(25)21(26-3)19(27-20(14)17)12-5-7-13(22)8-6-12/h4-8,10,23-24H,9H2,1-3H3. The van der Waals surface area contributed by atoms with Gasteiger partial charge in [0.05, 0.1) is 7.11 Å². The SMILES string of the molecule is COc1c(-c2ccc(Cl)cc2)oc2c(CC=C(C)C)c(O)cc(O)c2c1=O. The number of rotatable bonds is 4. The zero-order valence-corrected chi connectivity index (χ0v) is 15.9. The van der Waals surface area contributed by atoms with Crippen LogP contribution in [0.3, 0.4) is 0 Å². The minimum Gasteiger partial charge on any atom is -0.507 e. The molecule has 0 spiro atoms. The van der Waals surface area contributed by atoms with E-state index in [1.807, 2.05) is 19.9 Å². The van der Waals surface area contributed by atoms with Crippen molar-refractivity contribution in [3.05, 3.63) is 62.8 Å². The van der Waals surface area contributed by atoms with Gasteiger partial charge in [0.15, 0.2) is 5.76 Å².